The van der Waals surface area contributed by atoms with E-state index in [0.29, 0.717) is 6.54 Å². The van der Waals surface area contributed by atoms with E-state index in [2.05, 4.69) is 64.1 Å². The van der Waals surface area contributed by atoms with Gasteiger partial charge in [-0.15, -0.1) is 0 Å². The Labute approximate surface area is 185 Å². The summed E-state index contributed by atoms with van der Waals surface area (Å²) >= 11 is 0. The first-order valence-corrected chi connectivity index (χ1v) is 10.9. The molecule has 2 atom stereocenters. The Kier molecular flexibility index (Phi) is 7.01. The largest absolute Gasteiger partial charge is 0.378 e. The Morgan fingerprint density at radius 3 is 2.26 bits per heavy atom. The van der Waals surface area contributed by atoms with Crippen LogP contribution in [0.4, 0.5) is 5.69 Å². The van der Waals surface area contributed by atoms with Gasteiger partial charge in [0.15, 0.2) is 0 Å². The Morgan fingerprint density at radius 2 is 1.65 bits per heavy atom. The molecule has 0 bridgehead atoms. The molecule has 3 rings (SSSR count). The minimum atomic E-state index is -0.590. The number of rotatable bonds is 5. The second-order valence-electron chi connectivity index (χ2n) is 9.56. The average Bonchev–Trinajstić information content (AvgIpc) is 2.72. The Morgan fingerprint density at radius 1 is 1.00 bits per heavy atom. The van der Waals surface area contributed by atoms with Crippen molar-refractivity contribution in [2.45, 2.75) is 45.3 Å². The molecular formula is C25H35N4O2+. The molecule has 0 saturated heterocycles. The van der Waals surface area contributed by atoms with Gasteiger partial charge in [-0.2, -0.15) is 0 Å². The van der Waals surface area contributed by atoms with Crippen LogP contribution in [0, 0.1) is 0 Å². The first kappa shape index (κ1) is 22.8. The second kappa shape index (κ2) is 9.52. The molecule has 6 heteroatoms. The molecule has 0 aromatic heterocycles. The van der Waals surface area contributed by atoms with Crippen molar-refractivity contribution in [3.63, 3.8) is 0 Å². The highest BCUT2D eigenvalue weighted by Crippen LogP contribution is 2.18. The molecule has 0 aliphatic carbocycles. The van der Waals surface area contributed by atoms with E-state index in [-0.39, 0.29) is 6.04 Å². The van der Waals surface area contributed by atoms with Crippen LogP contribution in [-0.4, -0.2) is 44.5 Å². The molecule has 1 unspecified atom stereocenters. The molecule has 1 aliphatic rings. The molecule has 2 aromatic rings. The van der Waals surface area contributed by atoms with Crippen molar-refractivity contribution in [3.8, 4) is 0 Å². The van der Waals surface area contributed by atoms with Crippen LogP contribution in [0.5, 0.6) is 0 Å². The lowest BCUT2D eigenvalue weighted by atomic mass is 9.96. The van der Waals surface area contributed by atoms with Crippen LogP contribution in [0.15, 0.2) is 48.5 Å². The number of nitrogens with zero attached hydrogens (tertiary/aromatic N) is 1. The summed E-state index contributed by atoms with van der Waals surface area (Å²) in [5, 5.41) is 5.61. The smallest absolute Gasteiger partial charge is 0.309 e. The molecule has 2 aromatic carbocycles. The zero-order valence-corrected chi connectivity index (χ0v) is 19.3. The number of carbonyl (C=O) groups excluding carboxylic acids is 2. The number of fused-ring (bicyclic) bond motifs is 1. The van der Waals surface area contributed by atoms with Crippen molar-refractivity contribution in [1.29, 1.82) is 0 Å². The van der Waals surface area contributed by atoms with E-state index in [4.69, 9.17) is 0 Å². The van der Waals surface area contributed by atoms with Crippen molar-refractivity contribution in [3.05, 3.63) is 65.2 Å². The van der Waals surface area contributed by atoms with Crippen LogP contribution < -0.4 is 20.4 Å². The molecule has 0 spiro atoms. The minimum absolute atomic E-state index is 0.0657. The number of benzene rings is 2. The van der Waals surface area contributed by atoms with Gasteiger partial charge in [-0.05, 0) is 38.5 Å². The molecule has 0 radical (unpaired) electrons. The SMILES string of the molecule is CN(C)c1ccc([C@@H](CNC(=O)C(=O)NC(C)(C)C)[NH+]2CCc3ccccc3C2)cc1. The summed E-state index contributed by atoms with van der Waals surface area (Å²) in [5.41, 5.74) is 4.61. The Hall–Kier alpha value is -2.86. The van der Waals surface area contributed by atoms with E-state index in [1.54, 1.807) is 0 Å². The summed E-state index contributed by atoms with van der Waals surface area (Å²) in [6.07, 6.45) is 1.01. The van der Waals surface area contributed by atoms with E-state index in [9.17, 15) is 9.59 Å². The lowest BCUT2D eigenvalue weighted by Gasteiger charge is -2.33. The predicted molar refractivity (Wildman–Crippen MR) is 124 cm³/mol. The summed E-state index contributed by atoms with van der Waals surface area (Å²) in [5.74, 6) is -1.17. The maximum absolute atomic E-state index is 12.4. The highest BCUT2D eigenvalue weighted by molar-refractivity contribution is 6.35. The Balaban J connectivity index is 1.78. The van der Waals surface area contributed by atoms with Gasteiger partial charge in [0.05, 0.1) is 13.1 Å². The first-order valence-electron chi connectivity index (χ1n) is 10.9. The summed E-state index contributed by atoms with van der Waals surface area (Å²) in [4.78, 5) is 28.1. The van der Waals surface area contributed by atoms with Crippen molar-refractivity contribution >= 4 is 17.5 Å². The first-order chi connectivity index (χ1) is 14.6. The summed E-state index contributed by atoms with van der Waals surface area (Å²) in [7, 11) is 4.04. The number of anilines is 1. The standard InChI is InChI=1S/C25H34N4O2/c1-25(2,3)27-24(31)23(30)26-16-22(19-10-12-21(13-11-19)28(4)5)29-15-14-18-8-6-7-9-20(18)17-29/h6-13,22H,14-17H2,1-5H3,(H,26,30)(H,27,31)/p+1/t22-/m1/s1. The third kappa shape index (κ3) is 6.07. The van der Waals surface area contributed by atoms with E-state index >= 15 is 0 Å². The maximum Gasteiger partial charge on any atom is 0.309 e. The number of hydrogen-bond donors (Lipinski definition) is 3. The second-order valence-corrected chi connectivity index (χ2v) is 9.56. The van der Waals surface area contributed by atoms with Crippen molar-refractivity contribution in [2.75, 3.05) is 32.1 Å². The van der Waals surface area contributed by atoms with E-state index < -0.39 is 17.4 Å². The van der Waals surface area contributed by atoms with Crippen molar-refractivity contribution in [2.24, 2.45) is 0 Å². The lowest BCUT2D eigenvalue weighted by Crippen LogP contribution is -3.12. The molecule has 31 heavy (non-hydrogen) atoms. The normalized spacial score (nSPS) is 16.7. The van der Waals surface area contributed by atoms with Crippen LogP contribution in [0.3, 0.4) is 0 Å². The van der Waals surface area contributed by atoms with Gasteiger partial charge >= 0.3 is 11.8 Å². The fourth-order valence-corrected chi connectivity index (χ4v) is 4.07. The van der Waals surface area contributed by atoms with Gasteiger partial charge in [-0.1, -0.05) is 36.4 Å². The number of quaternary nitrogens is 1. The van der Waals surface area contributed by atoms with Gasteiger partial charge in [0.2, 0.25) is 0 Å². The zero-order chi connectivity index (χ0) is 22.6. The monoisotopic (exact) mass is 423 g/mol. The maximum atomic E-state index is 12.4. The van der Waals surface area contributed by atoms with Crippen molar-refractivity contribution in [1.82, 2.24) is 10.6 Å². The van der Waals surface area contributed by atoms with Gasteiger partial charge in [0.25, 0.3) is 0 Å². The quantitative estimate of drug-likeness (QED) is 0.638. The molecule has 6 nitrogen and oxygen atoms in total. The minimum Gasteiger partial charge on any atom is -0.378 e. The third-order valence-electron chi connectivity index (χ3n) is 5.72. The molecule has 2 amide bonds. The van der Waals surface area contributed by atoms with Gasteiger partial charge in [-0.3, -0.25) is 9.59 Å². The summed E-state index contributed by atoms with van der Waals surface area (Å²) < 4.78 is 0. The van der Waals surface area contributed by atoms with E-state index in [1.165, 1.54) is 16.0 Å². The van der Waals surface area contributed by atoms with E-state index in [1.807, 2.05) is 34.9 Å². The van der Waals surface area contributed by atoms with Crippen LogP contribution in [0.2, 0.25) is 0 Å². The van der Waals surface area contributed by atoms with E-state index in [0.717, 1.165) is 30.8 Å². The number of amides is 2. The molecule has 166 valence electrons. The zero-order valence-electron chi connectivity index (χ0n) is 19.3. The fourth-order valence-electron chi connectivity index (χ4n) is 4.07. The topological polar surface area (TPSA) is 65.9 Å². The predicted octanol–water partition coefficient (Wildman–Crippen LogP) is 1.47. The molecule has 0 saturated carbocycles. The van der Waals surface area contributed by atoms with Gasteiger partial charge in [0.1, 0.15) is 12.6 Å². The molecule has 1 aliphatic heterocycles. The molecular weight excluding hydrogens is 388 g/mol. The highest BCUT2D eigenvalue weighted by atomic mass is 16.2. The van der Waals surface area contributed by atoms with Gasteiger partial charge in [0, 0.05) is 42.9 Å². The van der Waals surface area contributed by atoms with Gasteiger partial charge < -0.3 is 20.4 Å². The third-order valence-corrected chi connectivity index (χ3v) is 5.72. The number of carbonyl (C=O) groups is 2. The van der Waals surface area contributed by atoms with Crippen LogP contribution in [-0.2, 0) is 22.6 Å². The van der Waals surface area contributed by atoms with Crippen LogP contribution >= 0.6 is 0 Å². The molecule has 1 heterocycles. The van der Waals surface area contributed by atoms with Crippen molar-refractivity contribution < 1.29 is 14.5 Å². The molecule has 3 N–H and O–H groups in total. The molecule has 0 fully saturated rings. The van der Waals surface area contributed by atoms with Crippen LogP contribution in [0.1, 0.15) is 43.5 Å². The Bertz CT molecular complexity index is 916. The van der Waals surface area contributed by atoms with Gasteiger partial charge in [-0.25, -0.2) is 0 Å². The number of nitrogens with one attached hydrogen (secondary N) is 3. The lowest BCUT2D eigenvalue weighted by molar-refractivity contribution is -0.945. The summed E-state index contributed by atoms with van der Waals surface area (Å²) in [6.45, 7) is 7.89. The highest BCUT2D eigenvalue weighted by Gasteiger charge is 2.30. The fraction of sp³-hybridized carbons (Fsp3) is 0.440. The van der Waals surface area contributed by atoms with Crippen LogP contribution in [0.25, 0.3) is 0 Å². The summed E-state index contributed by atoms with van der Waals surface area (Å²) in [6, 6.07) is 17.1. The number of hydrogen-bond acceptors (Lipinski definition) is 3. The average molecular weight is 424 g/mol.